The summed E-state index contributed by atoms with van der Waals surface area (Å²) in [6.07, 6.45) is 15.1. The monoisotopic (exact) mass is 357 g/mol. The fraction of sp³-hybridized carbons (Fsp3) is 0.400. The van der Waals surface area contributed by atoms with Gasteiger partial charge in [-0.15, -0.1) is 0 Å². The van der Waals surface area contributed by atoms with Crippen molar-refractivity contribution < 1.29 is 5.11 Å². The van der Waals surface area contributed by atoms with Gasteiger partial charge in [0.2, 0.25) is 0 Å². The Morgan fingerprint density at radius 3 is 2.64 bits per heavy atom. The van der Waals surface area contributed by atoms with Crippen molar-refractivity contribution in [1.82, 2.24) is 15.4 Å². The van der Waals surface area contributed by atoms with E-state index in [0.717, 1.165) is 41.7 Å². The zero-order valence-corrected chi connectivity index (χ0v) is 16.2. The number of hydrogen-bond acceptors (Lipinski definition) is 3. The number of allylic oxidation sites excluding steroid dienone is 9. The largest absolute Gasteiger partial charge is 0.512 e. The number of aromatic nitrogens is 3. The van der Waals surface area contributed by atoms with Gasteiger partial charge < -0.3 is 5.11 Å². The molecule has 0 spiro atoms. The van der Waals surface area contributed by atoms with Gasteiger partial charge in [0.15, 0.2) is 0 Å². The molecule has 1 heterocycles. The smallest absolute Gasteiger partial charge is 0.146 e. The summed E-state index contributed by atoms with van der Waals surface area (Å²) in [7, 11) is 0. The number of nitrogens with zero attached hydrogens (tertiary/aromatic N) is 1. The van der Waals surface area contributed by atoms with Crippen LogP contribution >= 0.6 is 12.2 Å². The lowest BCUT2D eigenvalue weighted by atomic mass is 9.74. The third-order valence-electron chi connectivity index (χ3n) is 4.43. The third-order valence-corrected chi connectivity index (χ3v) is 4.74. The summed E-state index contributed by atoms with van der Waals surface area (Å²) < 4.78 is 0.602. The van der Waals surface area contributed by atoms with Gasteiger partial charge >= 0.3 is 0 Å². The topological polar surface area (TPSA) is 64.7 Å². The van der Waals surface area contributed by atoms with Gasteiger partial charge in [0.25, 0.3) is 0 Å². The highest BCUT2D eigenvalue weighted by Gasteiger charge is 2.28. The highest BCUT2D eigenvalue weighted by Crippen LogP contribution is 2.40. The lowest BCUT2D eigenvalue weighted by molar-refractivity contribution is 0.292. The van der Waals surface area contributed by atoms with Gasteiger partial charge in [-0.05, 0) is 49.3 Å². The Balaban J connectivity index is 2.05. The van der Waals surface area contributed by atoms with Crippen molar-refractivity contribution in [2.45, 2.75) is 47.0 Å². The molecule has 4 nitrogen and oxygen atoms in total. The molecule has 0 atom stereocenters. The van der Waals surface area contributed by atoms with Crippen LogP contribution in [0.25, 0.3) is 6.08 Å². The molecule has 0 amide bonds. The van der Waals surface area contributed by atoms with E-state index in [-0.39, 0.29) is 5.41 Å². The Bertz CT molecular complexity index is 816. The molecule has 0 aliphatic heterocycles. The van der Waals surface area contributed by atoms with E-state index in [4.69, 9.17) is 12.2 Å². The normalized spacial score (nSPS) is 19.4. The molecule has 0 fully saturated rings. The van der Waals surface area contributed by atoms with E-state index in [2.05, 4.69) is 48.3 Å². The molecule has 0 aromatic carbocycles. The van der Waals surface area contributed by atoms with E-state index in [0.29, 0.717) is 10.4 Å². The van der Waals surface area contributed by atoms with Gasteiger partial charge in [0.05, 0.1) is 5.76 Å². The fourth-order valence-corrected chi connectivity index (χ4v) is 3.07. The predicted molar refractivity (Wildman–Crippen MR) is 107 cm³/mol. The molecule has 0 saturated heterocycles. The van der Waals surface area contributed by atoms with Crippen LogP contribution in [0, 0.1) is 10.1 Å². The van der Waals surface area contributed by atoms with Gasteiger partial charge in [0.1, 0.15) is 10.3 Å². The zero-order chi connectivity index (χ0) is 18.4. The summed E-state index contributed by atoms with van der Waals surface area (Å²) in [4.78, 5) is 0. The second-order valence-corrected chi connectivity index (χ2v) is 7.56. The van der Waals surface area contributed by atoms with Crippen molar-refractivity contribution in [3.8, 4) is 0 Å². The van der Waals surface area contributed by atoms with Crippen LogP contribution in [0.15, 0.2) is 52.9 Å². The summed E-state index contributed by atoms with van der Waals surface area (Å²) in [6, 6.07) is 0. The van der Waals surface area contributed by atoms with Crippen molar-refractivity contribution >= 4 is 18.3 Å². The quantitative estimate of drug-likeness (QED) is 0.450. The lowest BCUT2D eigenvalue weighted by Crippen LogP contribution is -2.19. The minimum atomic E-state index is 0.0385. The van der Waals surface area contributed by atoms with Crippen molar-refractivity contribution in [2.75, 3.05) is 0 Å². The standard InChI is InChI=1S/C20H27N3OS/c1-14(10-11-16-18(24)9-6-12-20(16,3)4)7-5-8-15(2)13-17-19(25)22-23-21-17/h5,7-8,10-11,13,24H,6,9,12H2,1-4H3,(H2,21,22,23,25)/b8-5+,11-10+,14-7+,15-13+. The number of hydrogen-bond donors (Lipinski definition) is 3. The molecule has 0 radical (unpaired) electrons. The average Bonchev–Trinajstić information content (AvgIpc) is 2.91. The molecule has 3 N–H and O–H groups in total. The molecule has 25 heavy (non-hydrogen) atoms. The first-order valence-electron chi connectivity index (χ1n) is 8.56. The van der Waals surface area contributed by atoms with E-state index in [1.165, 1.54) is 0 Å². The summed E-state index contributed by atoms with van der Waals surface area (Å²) >= 11 is 5.12. The van der Waals surface area contributed by atoms with Crippen LogP contribution in [-0.2, 0) is 0 Å². The van der Waals surface area contributed by atoms with Crippen LogP contribution in [-0.4, -0.2) is 20.5 Å². The Morgan fingerprint density at radius 1 is 1.24 bits per heavy atom. The van der Waals surface area contributed by atoms with Crippen LogP contribution in [0.4, 0.5) is 0 Å². The molecular formula is C20H27N3OS. The zero-order valence-electron chi connectivity index (χ0n) is 15.4. The van der Waals surface area contributed by atoms with Gasteiger partial charge in [-0.3, -0.25) is 5.10 Å². The van der Waals surface area contributed by atoms with Crippen molar-refractivity contribution in [3.05, 3.63) is 63.2 Å². The van der Waals surface area contributed by atoms with Crippen molar-refractivity contribution in [1.29, 1.82) is 0 Å². The second kappa shape index (κ2) is 8.30. The number of aromatic amines is 2. The number of H-pyrrole nitrogens is 2. The molecule has 0 bridgehead atoms. The third kappa shape index (κ3) is 5.43. The van der Waals surface area contributed by atoms with E-state index < -0.39 is 0 Å². The Hall–Kier alpha value is -2.14. The first-order valence-corrected chi connectivity index (χ1v) is 8.97. The molecular weight excluding hydrogens is 330 g/mol. The Labute approximate surface area is 154 Å². The predicted octanol–water partition coefficient (Wildman–Crippen LogP) is 5.95. The fourth-order valence-electron chi connectivity index (χ4n) is 2.92. The van der Waals surface area contributed by atoms with Gasteiger partial charge in [0, 0.05) is 6.42 Å². The number of aliphatic hydroxyl groups excluding tert-OH is 1. The van der Waals surface area contributed by atoms with E-state index in [1.807, 2.05) is 31.2 Å². The first kappa shape index (κ1) is 19.2. The van der Waals surface area contributed by atoms with Crippen LogP contribution in [0.3, 0.4) is 0 Å². The van der Waals surface area contributed by atoms with Crippen LogP contribution in [0.5, 0.6) is 0 Å². The summed E-state index contributed by atoms with van der Waals surface area (Å²) in [6.45, 7) is 8.44. The van der Waals surface area contributed by atoms with Crippen molar-refractivity contribution in [2.24, 2.45) is 5.41 Å². The summed E-state index contributed by atoms with van der Waals surface area (Å²) in [5.41, 5.74) is 4.02. The van der Waals surface area contributed by atoms with Gasteiger partial charge in [-0.1, -0.05) is 62.0 Å². The van der Waals surface area contributed by atoms with Gasteiger partial charge in [-0.25, -0.2) is 5.21 Å². The molecule has 0 saturated carbocycles. The maximum Gasteiger partial charge on any atom is 0.146 e. The maximum absolute atomic E-state index is 10.2. The number of aliphatic hydroxyl groups is 1. The van der Waals surface area contributed by atoms with Crippen molar-refractivity contribution in [3.63, 3.8) is 0 Å². The highest BCUT2D eigenvalue weighted by molar-refractivity contribution is 7.71. The van der Waals surface area contributed by atoms with Crippen LogP contribution in [0.2, 0.25) is 0 Å². The molecule has 1 aromatic rings. The maximum atomic E-state index is 10.2. The van der Waals surface area contributed by atoms with E-state index in [9.17, 15) is 5.11 Å². The SMILES string of the molecule is CC(/C=C/C1=C(O)CCCC1(C)C)=C\C=C\C(C)=C\c1n[nH][nH]c1=S. The van der Waals surface area contributed by atoms with Gasteiger partial charge in [-0.2, -0.15) is 5.10 Å². The van der Waals surface area contributed by atoms with Crippen LogP contribution < -0.4 is 0 Å². The molecule has 2 rings (SSSR count). The Morgan fingerprint density at radius 2 is 2.00 bits per heavy atom. The lowest BCUT2D eigenvalue weighted by Gasteiger charge is -2.31. The minimum Gasteiger partial charge on any atom is -0.512 e. The molecule has 1 aliphatic carbocycles. The molecule has 5 heteroatoms. The number of nitrogens with one attached hydrogen (secondary N) is 2. The summed E-state index contributed by atoms with van der Waals surface area (Å²) in [5.74, 6) is 0.533. The average molecular weight is 358 g/mol. The van der Waals surface area contributed by atoms with E-state index in [1.54, 1.807) is 0 Å². The number of rotatable bonds is 5. The highest BCUT2D eigenvalue weighted by atomic mass is 32.1. The summed E-state index contributed by atoms with van der Waals surface area (Å²) in [5, 5.41) is 19.6. The van der Waals surface area contributed by atoms with E-state index >= 15 is 0 Å². The Kier molecular flexibility index (Phi) is 6.37. The second-order valence-electron chi connectivity index (χ2n) is 7.15. The molecule has 134 valence electrons. The van der Waals surface area contributed by atoms with Crippen LogP contribution in [0.1, 0.15) is 52.7 Å². The molecule has 0 unspecified atom stereocenters. The molecule has 1 aromatic heterocycles. The first-order chi connectivity index (χ1) is 11.8. The molecule has 1 aliphatic rings. The minimum absolute atomic E-state index is 0.0385.